The third-order valence-electron chi connectivity index (χ3n) is 4.08. The summed E-state index contributed by atoms with van der Waals surface area (Å²) in [6.07, 6.45) is 1.51. The third-order valence-corrected chi connectivity index (χ3v) is 6.04. The molecule has 0 bridgehead atoms. The van der Waals surface area contributed by atoms with Crippen LogP contribution in [0, 0.1) is 5.92 Å². The number of thioether (sulfide) groups is 1. The van der Waals surface area contributed by atoms with Crippen LogP contribution in [0.4, 0.5) is 0 Å². The Morgan fingerprint density at radius 1 is 1.25 bits per heavy atom. The number of amides is 1. The summed E-state index contributed by atoms with van der Waals surface area (Å²) >= 11 is 18.6. The summed E-state index contributed by atoms with van der Waals surface area (Å²) in [5, 5.41) is 12.3. The highest BCUT2D eigenvalue weighted by Crippen LogP contribution is 2.38. The average Bonchev–Trinajstić information content (AvgIpc) is 3.15. The van der Waals surface area contributed by atoms with Crippen molar-refractivity contribution >= 4 is 69.5 Å². The standard InChI is InChI=1S/C19H15Cl2NO4S2/c1-9(2)16(18(24)25)22-17(23)14(28-19(22)27)8-10-6-7-13(26-10)15-11(20)4-3-5-12(15)21/h3-9,16H,1-2H3,(H,24,25)/p-1/b14-8-/t16-/m0/s1. The minimum absolute atomic E-state index is 0.167. The lowest BCUT2D eigenvalue weighted by Gasteiger charge is -2.30. The fourth-order valence-corrected chi connectivity index (χ4v) is 4.72. The Bertz CT molecular complexity index is 979. The quantitative estimate of drug-likeness (QED) is 0.496. The molecule has 1 aromatic heterocycles. The molecule has 1 saturated heterocycles. The molecule has 0 saturated carbocycles. The van der Waals surface area contributed by atoms with Crippen LogP contribution in [-0.4, -0.2) is 27.1 Å². The Labute approximate surface area is 181 Å². The second-order valence-electron chi connectivity index (χ2n) is 6.36. The number of hydrogen-bond acceptors (Lipinski definition) is 6. The van der Waals surface area contributed by atoms with E-state index in [2.05, 4.69) is 0 Å². The summed E-state index contributed by atoms with van der Waals surface area (Å²) < 4.78 is 5.93. The molecule has 0 radical (unpaired) electrons. The maximum atomic E-state index is 12.7. The summed E-state index contributed by atoms with van der Waals surface area (Å²) in [6.45, 7) is 3.38. The highest BCUT2D eigenvalue weighted by atomic mass is 35.5. The largest absolute Gasteiger partial charge is 0.548 e. The van der Waals surface area contributed by atoms with Gasteiger partial charge in [-0.2, -0.15) is 0 Å². The lowest BCUT2D eigenvalue weighted by Crippen LogP contribution is -2.52. The lowest BCUT2D eigenvalue weighted by atomic mass is 10.0. The molecule has 9 heteroatoms. The molecule has 5 nitrogen and oxygen atoms in total. The van der Waals surface area contributed by atoms with Gasteiger partial charge in [-0.3, -0.25) is 9.69 Å². The first-order valence-electron chi connectivity index (χ1n) is 8.23. The minimum atomic E-state index is -1.35. The highest BCUT2D eigenvalue weighted by Gasteiger charge is 2.39. The molecule has 1 aromatic carbocycles. The van der Waals surface area contributed by atoms with E-state index in [4.69, 9.17) is 39.8 Å². The van der Waals surface area contributed by atoms with Gasteiger partial charge in [-0.15, -0.1) is 0 Å². The number of aliphatic carboxylic acids is 1. The molecule has 146 valence electrons. The maximum absolute atomic E-state index is 12.7. The number of rotatable bonds is 5. The number of hydrogen-bond donors (Lipinski definition) is 0. The second kappa shape index (κ2) is 8.29. The fraction of sp³-hybridized carbons (Fsp3) is 0.211. The van der Waals surface area contributed by atoms with Gasteiger partial charge in [0.15, 0.2) is 0 Å². The van der Waals surface area contributed by atoms with Gasteiger partial charge in [-0.05, 0) is 30.2 Å². The number of furan rings is 1. The van der Waals surface area contributed by atoms with Gasteiger partial charge < -0.3 is 14.3 Å². The number of carbonyl (C=O) groups excluding carboxylic acids is 2. The number of carbonyl (C=O) groups is 2. The van der Waals surface area contributed by atoms with Gasteiger partial charge >= 0.3 is 0 Å². The molecule has 3 rings (SSSR count). The summed E-state index contributed by atoms with van der Waals surface area (Å²) in [5.74, 6) is -1.36. The number of carboxylic acids is 1. The number of benzene rings is 1. The molecule has 1 aliphatic rings. The van der Waals surface area contributed by atoms with Crippen molar-refractivity contribution < 1.29 is 19.1 Å². The fourth-order valence-electron chi connectivity index (χ4n) is 2.82. The van der Waals surface area contributed by atoms with Crippen molar-refractivity contribution in [2.75, 3.05) is 0 Å². The zero-order chi connectivity index (χ0) is 20.6. The van der Waals surface area contributed by atoms with E-state index in [-0.39, 0.29) is 15.1 Å². The minimum Gasteiger partial charge on any atom is -0.548 e. The molecule has 0 aliphatic carbocycles. The number of thiocarbonyl (C=S) groups is 1. The van der Waals surface area contributed by atoms with Crippen molar-refractivity contribution in [3.8, 4) is 11.3 Å². The van der Waals surface area contributed by atoms with Crippen LogP contribution in [0.25, 0.3) is 17.4 Å². The molecular weight excluding hydrogens is 441 g/mol. The van der Waals surface area contributed by atoms with Gasteiger partial charge in [0, 0.05) is 6.08 Å². The Balaban J connectivity index is 1.91. The van der Waals surface area contributed by atoms with E-state index in [9.17, 15) is 14.7 Å². The van der Waals surface area contributed by atoms with Crippen molar-refractivity contribution in [1.29, 1.82) is 0 Å². The van der Waals surface area contributed by atoms with Gasteiger partial charge in [0.2, 0.25) is 0 Å². The molecule has 1 amide bonds. The summed E-state index contributed by atoms with van der Waals surface area (Å²) in [5.41, 5.74) is 0.551. The SMILES string of the molecule is CC(C)[C@@H](C(=O)[O-])N1C(=O)/C(=C/c2ccc(-c3c(Cl)cccc3Cl)o2)SC1=S. The van der Waals surface area contributed by atoms with E-state index in [1.165, 1.54) is 6.08 Å². The van der Waals surface area contributed by atoms with Gasteiger partial charge in [-0.25, -0.2) is 0 Å². The Hall–Kier alpha value is -1.80. The van der Waals surface area contributed by atoms with Crippen molar-refractivity contribution in [3.63, 3.8) is 0 Å². The van der Waals surface area contributed by atoms with E-state index < -0.39 is 17.9 Å². The molecular formula is C19H14Cl2NO4S2-. The molecule has 28 heavy (non-hydrogen) atoms. The predicted molar refractivity (Wildman–Crippen MR) is 113 cm³/mol. The molecule has 1 fully saturated rings. The third kappa shape index (κ3) is 3.98. The first-order chi connectivity index (χ1) is 13.2. The molecule has 0 spiro atoms. The van der Waals surface area contributed by atoms with E-state index in [0.29, 0.717) is 27.1 Å². The first kappa shape index (κ1) is 20.9. The van der Waals surface area contributed by atoms with E-state index in [0.717, 1.165) is 16.7 Å². The topological polar surface area (TPSA) is 73.6 Å². The molecule has 0 unspecified atom stereocenters. The Morgan fingerprint density at radius 2 is 1.89 bits per heavy atom. The van der Waals surface area contributed by atoms with Gasteiger partial charge in [-0.1, -0.05) is 67.1 Å². The van der Waals surface area contributed by atoms with Gasteiger partial charge in [0.1, 0.15) is 15.8 Å². The molecule has 2 aromatic rings. The maximum Gasteiger partial charge on any atom is 0.266 e. The molecule has 1 aliphatic heterocycles. The number of carboxylic acid groups (broad SMARTS) is 1. The van der Waals surface area contributed by atoms with Crippen LogP contribution in [0.15, 0.2) is 39.7 Å². The van der Waals surface area contributed by atoms with Crippen molar-refractivity contribution in [2.45, 2.75) is 19.9 Å². The Kier molecular flexibility index (Phi) is 6.19. The normalized spacial score (nSPS) is 17.0. The monoisotopic (exact) mass is 454 g/mol. The van der Waals surface area contributed by atoms with Crippen molar-refractivity contribution in [2.24, 2.45) is 5.92 Å². The lowest BCUT2D eigenvalue weighted by molar-refractivity contribution is -0.311. The second-order valence-corrected chi connectivity index (χ2v) is 8.85. The molecule has 0 N–H and O–H groups in total. The smallest absolute Gasteiger partial charge is 0.266 e. The van der Waals surface area contributed by atoms with Crippen molar-refractivity contribution in [3.05, 3.63) is 51.0 Å². The van der Waals surface area contributed by atoms with Crippen LogP contribution in [0.2, 0.25) is 10.0 Å². The van der Waals surface area contributed by atoms with Crippen LogP contribution in [0.5, 0.6) is 0 Å². The summed E-state index contributed by atoms with van der Waals surface area (Å²) in [6, 6.07) is 7.35. The van der Waals surface area contributed by atoms with E-state index >= 15 is 0 Å². The van der Waals surface area contributed by atoms with Gasteiger partial charge in [0.25, 0.3) is 5.91 Å². The van der Waals surface area contributed by atoms with Crippen LogP contribution in [0.3, 0.4) is 0 Å². The zero-order valence-electron chi connectivity index (χ0n) is 14.8. The highest BCUT2D eigenvalue weighted by molar-refractivity contribution is 8.26. The van der Waals surface area contributed by atoms with E-state index in [1.807, 2.05) is 0 Å². The van der Waals surface area contributed by atoms with Crippen molar-refractivity contribution in [1.82, 2.24) is 4.90 Å². The predicted octanol–water partition coefficient (Wildman–Crippen LogP) is 4.23. The van der Waals surface area contributed by atoms with Crippen LogP contribution >= 0.6 is 47.2 Å². The molecule has 2 heterocycles. The van der Waals surface area contributed by atoms with Crippen LogP contribution in [0.1, 0.15) is 19.6 Å². The van der Waals surface area contributed by atoms with E-state index in [1.54, 1.807) is 44.2 Å². The summed E-state index contributed by atoms with van der Waals surface area (Å²) in [4.78, 5) is 25.6. The van der Waals surface area contributed by atoms with Gasteiger partial charge in [0.05, 0.1) is 32.5 Å². The van der Waals surface area contributed by atoms with Crippen LogP contribution < -0.4 is 5.11 Å². The Morgan fingerprint density at radius 3 is 2.46 bits per heavy atom. The van der Waals surface area contributed by atoms with Crippen LogP contribution in [-0.2, 0) is 9.59 Å². The summed E-state index contributed by atoms with van der Waals surface area (Å²) in [7, 11) is 0. The number of nitrogens with zero attached hydrogens (tertiary/aromatic N) is 1. The first-order valence-corrected chi connectivity index (χ1v) is 10.2. The number of halogens is 2. The molecule has 1 atom stereocenters. The average molecular weight is 455 g/mol. The zero-order valence-corrected chi connectivity index (χ0v) is 17.9.